The predicted octanol–water partition coefficient (Wildman–Crippen LogP) is 4.52. The van der Waals surface area contributed by atoms with Crippen molar-refractivity contribution in [2.75, 3.05) is 7.11 Å². The minimum atomic E-state index is -0.873. The zero-order valence-corrected chi connectivity index (χ0v) is 18.8. The Morgan fingerprint density at radius 2 is 1.97 bits per heavy atom. The molecule has 172 valence electrons. The van der Waals surface area contributed by atoms with Gasteiger partial charge in [0.25, 0.3) is 5.91 Å². The molecule has 1 aliphatic rings. The van der Waals surface area contributed by atoms with Crippen molar-refractivity contribution in [2.45, 2.75) is 50.7 Å². The quantitative estimate of drug-likeness (QED) is 0.549. The maximum absolute atomic E-state index is 13.7. The Hall–Kier alpha value is -3.61. The van der Waals surface area contributed by atoms with Gasteiger partial charge >= 0.3 is 0 Å². The number of hydrogen-bond acceptors (Lipinski definition) is 5. The summed E-state index contributed by atoms with van der Waals surface area (Å²) in [6.45, 7) is 0.127. The van der Waals surface area contributed by atoms with Crippen LogP contribution in [-0.4, -0.2) is 34.8 Å². The molecular weight excluding hydrogens is 418 g/mol. The second-order valence-electron chi connectivity index (χ2n) is 8.25. The maximum atomic E-state index is 13.7. The van der Waals surface area contributed by atoms with Gasteiger partial charge in [0.1, 0.15) is 23.2 Å². The van der Waals surface area contributed by atoms with Gasteiger partial charge in [-0.1, -0.05) is 37.5 Å². The average Bonchev–Trinajstić information content (AvgIpc) is 3.38. The molecule has 33 heavy (non-hydrogen) atoms. The van der Waals surface area contributed by atoms with Gasteiger partial charge < -0.3 is 19.4 Å². The molecule has 3 aromatic rings. The van der Waals surface area contributed by atoms with E-state index in [2.05, 4.69) is 10.3 Å². The highest BCUT2D eigenvalue weighted by Gasteiger charge is 2.34. The topological polar surface area (TPSA) is 84.7 Å². The molecule has 0 aliphatic heterocycles. The zero-order valence-electron chi connectivity index (χ0n) is 18.8. The fourth-order valence-corrected chi connectivity index (χ4v) is 4.30. The van der Waals surface area contributed by atoms with Gasteiger partial charge in [-0.15, -0.1) is 0 Å². The van der Waals surface area contributed by atoms with Crippen molar-refractivity contribution in [3.05, 3.63) is 84.1 Å². The predicted molar refractivity (Wildman–Crippen MR) is 124 cm³/mol. The third kappa shape index (κ3) is 5.61. The van der Waals surface area contributed by atoms with E-state index in [-0.39, 0.29) is 30.1 Å². The number of aromatic nitrogens is 1. The Labute approximate surface area is 193 Å². The van der Waals surface area contributed by atoms with Crippen LogP contribution in [0.15, 0.2) is 71.5 Å². The van der Waals surface area contributed by atoms with Crippen LogP contribution in [0.25, 0.3) is 0 Å². The van der Waals surface area contributed by atoms with E-state index >= 15 is 0 Å². The molecular formula is C26H29N3O4. The van der Waals surface area contributed by atoms with Gasteiger partial charge in [-0.2, -0.15) is 0 Å². The highest BCUT2D eigenvalue weighted by Crippen LogP contribution is 2.29. The first-order valence-corrected chi connectivity index (χ1v) is 11.3. The number of rotatable bonds is 8. The molecule has 2 heterocycles. The molecule has 4 rings (SSSR count). The number of amides is 2. The lowest BCUT2D eigenvalue weighted by atomic mass is 9.94. The minimum absolute atomic E-state index is 0.106. The Morgan fingerprint density at radius 3 is 2.67 bits per heavy atom. The summed E-state index contributed by atoms with van der Waals surface area (Å²) >= 11 is 0. The van der Waals surface area contributed by atoms with E-state index in [1.165, 1.54) is 11.3 Å². The van der Waals surface area contributed by atoms with Crippen molar-refractivity contribution in [3.8, 4) is 5.75 Å². The second kappa shape index (κ2) is 10.8. The Balaban J connectivity index is 1.73. The molecule has 1 atom stereocenters. The molecule has 1 aliphatic carbocycles. The van der Waals surface area contributed by atoms with Crippen molar-refractivity contribution in [2.24, 2.45) is 0 Å². The molecule has 7 nitrogen and oxygen atoms in total. The number of carbonyl (C=O) groups is 2. The van der Waals surface area contributed by atoms with Gasteiger partial charge in [-0.05, 0) is 54.8 Å². The number of methoxy groups -OCH3 is 1. The summed E-state index contributed by atoms with van der Waals surface area (Å²) < 4.78 is 10.9. The normalized spacial score (nSPS) is 14.9. The van der Waals surface area contributed by atoms with E-state index in [0.717, 1.165) is 25.7 Å². The number of nitrogens with zero attached hydrogens (tertiary/aromatic N) is 2. The smallest absolute Gasteiger partial charge is 0.273 e. The van der Waals surface area contributed by atoms with Gasteiger partial charge in [0.15, 0.2) is 0 Å². The molecule has 0 saturated heterocycles. The van der Waals surface area contributed by atoms with Crippen molar-refractivity contribution in [3.63, 3.8) is 0 Å². The van der Waals surface area contributed by atoms with Crippen LogP contribution in [0.3, 0.4) is 0 Å². The third-order valence-corrected chi connectivity index (χ3v) is 5.97. The summed E-state index contributed by atoms with van der Waals surface area (Å²) in [6, 6.07) is 15.2. The minimum Gasteiger partial charge on any atom is -0.497 e. The zero-order chi connectivity index (χ0) is 23.0. The summed E-state index contributed by atoms with van der Waals surface area (Å²) in [5, 5.41) is 3.20. The average molecular weight is 448 g/mol. The van der Waals surface area contributed by atoms with Gasteiger partial charge in [0.2, 0.25) is 5.91 Å². The summed E-state index contributed by atoms with van der Waals surface area (Å²) in [4.78, 5) is 33.1. The summed E-state index contributed by atoms with van der Waals surface area (Å²) in [5.74, 6) is 0.633. The SMILES string of the molecule is COc1cccc([C@@H](C(=O)NC2CCCCC2)N(Cc2ccco2)C(=O)c2ccccn2)c1. The Kier molecular flexibility index (Phi) is 7.40. The lowest BCUT2D eigenvalue weighted by molar-refractivity contribution is -0.127. The van der Waals surface area contributed by atoms with Crippen molar-refractivity contribution < 1.29 is 18.7 Å². The van der Waals surface area contributed by atoms with Crippen molar-refractivity contribution in [1.82, 2.24) is 15.2 Å². The first-order valence-electron chi connectivity index (χ1n) is 11.3. The molecule has 7 heteroatoms. The molecule has 1 fully saturated rings. The van der Waals surface area contributed by atoms with Crippen LogP contribution in [0, 0.1) is 0 Å². The van der Waals surface area contributed by atoms with Crippen molar-refractivity contribution >= 4 is 11.8 Å². The summed E-state index contributed by atoms with van der Waals surface area (Å²) in [6.07, 6.45) is 8.40. The molecule has 1 N–H and O–H groups in total. The number of hydrogen-bond donors (Lipinski definition) is 1. The highest BCUT2D eigenvalue weighted by molar-refractivity contribution is 5.96. The first-order chi connectivity index (χ1) is 16.2. The molecule has 0 spiro atoms. The number of furan rings is 1. The molecule has 0 radical (unpaired) electrons. The van der Waals surface area contributed by atoms with E-state index in [9.17, 15) is 9.59 Å². The van der Waals surface area contributed by atoms with Crippen LogP contribution < -0.4 is 10.1 Å². The second-order valence-corrected chi connectivity index (χ2v) is 8.25. The van der Waals surface area contributed by atoms with Crippen LogP contribution in [0.2, 0.25) is 0 Å². The third-order valence-electron chi connectivity index (χ3n) is 5.97. The van der Waals surface area contributed by atoms with Crippen LogP contribution in [-0.2, 0) is 11.3 Å². The van der Waals surface area contributed by atoms with Crippen molar-refractivity contribution in [1.29, 1.82) is 0 Å². The van der Waals surface area contributed by atoms with E-state index in [4.69, 9.17) is 9.15 Å². The lowest BCUT2D eigenvalue weighted by Gasteiger charge is -2.33. The molecule has 0 bridgehead atoms. The lowest BCUT2D eigenvalue weighted by Crippen LogP contribution is -2.47. The fraction of sp³-hybridized carbons (Fsp3) is 0.346. The number of pyridine rings is 1. The molecule has 1 aromatic carbocycles. The maximum Gasteiger partial charge on any atom is 0.273 e. The van der Waals surface area contributed by atoms with Gasteiger partial charge in [0.05, 0.1) is 19.9 Å². The fourth-order valence-electron chi connectivity index (χ4n) is 4.30. The number of carbonyl (C=O) groups excluding carboxylic acids is 2. The summed E-state index contributed by atoms with van der Waals surface area (Å²) in [7, 11) is 1.58. The Morgan fingerprint density at radius 1 is 1.12 bits per heavy atom. The number of nitrogens with one attached hydrogen (secondary N) is 1. The molecule has 2 aromatic heterocycles. The van der Waals surface area contributed by atoms with Gasteiger partial charge in [-0.3, -0.25) is 14.6 Å². The van der Waals surface area contributed by atoms with Crippen LogP contribution in [0.1, 0.15) is 60.0 Å². The van der Waals surface area contributed by atoms with E-state index < -0.39 is 6.04 Å². The largest absolute Gasteiger partial charge is 0.497 e. The standard InChI is InChI=1S/C26H29N3O4/c1-32-21-12-7-9-19(17-21)24(25(30)28-20-10-3-2-4-11-20)29(18-22-13-8-16-33-22)26(31)23-14-5-6-15-27-23/h5-9,12-17,20,24H,2-4,10-11,18H2,1H3,(H,28,30)/t24-/m0/s1. The first kappa shape index (κ1) is 22.6. The Bertz CT molecular complexity index is 1050. The van der Waals surface area contributed by atoms with Crippen LogP contribution in [0.5, 0.6) is 5.75 Å². The molecule has 1 saturated carbocycles. The van der Waals surface area contributed by atoms with Crippen LogP contribution in [0.4, 0.5) is 0 Å². The summed E-state index contributed by atoms with van der Waals surface area (Å²) in [5.41, 5.74) is 0.931. The highest BCUT2D eigenvalue weighted by atomic mass is 16.5. The van der Waals surface area contributed by atoms with Gasteiger partial charge in [0, 0.05) is 12.2 Å². The molecule has 0 unspecified atom stereocenters. The van der Waals surface area contributed by atoms with E-state index in [1.54, 1.807) is 56.0 Å². The number of ether oxygens (including phenoxy) is 1. The van der Waals surface area contributed by atoms with E-state index in [0.29, 0.717) is 17.1 Å². The molecule has 2 amide bonds. The monoisotopic (exact) mass is 447 g/mol. The van der Waals surface area contributed by atoms with Gasteiger partial charge in [-0.25, -0.2) is 0 Å². The van der Waals surface area contributed by atoms with Crippen LogP contribution >= 0.6 is 0 Å². The van der Waals surface area contributed by atoms with E-state index in [1.807, 2.05) is 18.2 Å². The number of benzene rings is 1.